The fourth-order valence-electron chi connectivity index (χ4n) is 2.77. The number of carbonyl (C=O) groups is 1. The first-order valence-corrected chi connectivity index (χ1v) is 9.09. The molecule has 5 nitrogen and oxygen atoms in total. The predicted octanol–water partition coefficient (Wildman–Crippen LogP) is 4.09. The number of rotatable bonds is 6. The first-order valence-electron chi connectivity index (χ1n) is 8.33. The normalized spacial score (nSPS) is 15.7. The summed E-state index contributed by atoms with van der Waals surface area (Å²) in [5.41, 5.74) is 1.35. The summed E-state index contributed by atoms with van der Waals surface area (Å²) in [6, 6.07) is 10.5. The predicted molar refractivity (Wildman–Crippen MR) is 110 cm³/mol. The van der Waals surface area contributed by atoms with E-state index in [9.17, 15) is 4.79 Å². The standard InChI is InChI=1S/C19H20Cl2N2O3.ClH/c1-25-18-8-12(19(24)23-15-6-7-22-10-15)3-5-17(18)26-11-13-2-4-14(20)9-16(13)21;/h2-5,8-9,15,22H,6-7,10-11H2,1H3,(H,23,24);1H. The quantitative estimate of drug-likeness (QED) is 0.723. The Bertz CT molecular complexity index is 796. The largest absolute Gasteiger partial charge is 0.493 e. The number of carbonyl (C=O) groups excluding carboxylic acids is 1. The summed E-state index contributed by atoms with van der Waals surface area (Å²) in [4.78, 5) is 12.4. The molecule has 1 aliphatic heterocycles. The highest BCUT2D eigenvalue weighted by atomic mass is 35.5. The molecule has 1 heterocycles. The van der Waals surface area contributed by atoms with E-state index < -0.39 is 0 Å². The molecule has 0 aliphatic carbocycles. The molecular weight excluding hydrogens is 411 g/mol. The van der Waals surface area contributed by atoms with Gasteiger partial charge in [-0.3, -0.25) is 4.79 Å². The van der Waals surface area contributed by atoms with Gasteiger partial charge in [0.15, 0.2) is 11.5 Å². The third-order valence-corrected chi connectivity index (χ3v) is 4.81. The summed E-state index contributed by atoms with van der Waals surface area (Å²) in [6.45, 7) is 1.99. The highest BCUT2D eigenvalue weighted by molar-refractivity contribution is 6.35. The van der Waals surface area contributed by atoms with Crippen molar-refractivity contribution in [3.05, 3.63) is 57.6 Å². The van der Waals surface area contributed by atoms with Crippen LogP contribution in [0.3, 0.4) is 0 Å². The summed E-state index contributed by atoms with van der Waals surface area (Å²) < 4.78 is 11.2. The lowest BCUT2D eigenvalue weighted by Crippen LogP contribution is -2.36. The third-order valence-electron chi connectivity index (χ3n) is 4.22. The van der Waals surface area contributed by atoms with Crippen molar-refractivity contribution < 1.29 is 14.3 Å². The Morgan fingerprint density at radius 3 is 2.70 bits per heavy atom. The highest BCUT2D eigenvalue weighted by Gasteiger charge is 2.18. The van der Waals surface area contributed by atoms with Crippen LogP contribution < -0.4 is 20.1 Å². The van der Waals surface area contributed by atoms with Gasteiger partial charge in [0.25, 0.3) is 5.91 Å². The monoisotopic (exact) mass is 430 g/mol. The maximum atomic E-state index is 12.4. The lowest BCUT2D eigenvalue weighted by Gasteiger charge is -2.14. The maximum Gasteiger partial charge on any atom is 0.251 e. The zero-order chi connectivity index (χ0) is 18.5. The molecule has 2 aromatic rings. The number of methoxy groups -OCH3 is 1. The molecule has 27 heavy (non-hydrogen) atoms. The van der Waals surface area contributed by atoms with Crippen molar-refractivity contribution in [1.82, 2.24) is 10.6 Å². The molecule has 1 saturated heterocycles. The average Bonchev–Trinajstić information content (AvgIpc) is 3.14. The molecule has 8 heteroatoms. The minimum Gasteiger partial charge on any atom is -0.493 e. The topological polar surface area (TPSA) is 59.6 Å². The first-order chi connectivity index (χ1) is 12.6. The van der Waals surface area contributed by atoms with Crippen molar-refractivity contribution >= 4 is 41.5 Å². The van der Waals surface area contributed by atoms with Gasteiger partial charge in [-0.15, -0.1) is 12.4 Å². The second-order valence-corrected chi connectivity index (χ2v) is 6.90. The van der Waals surface area contributed by atoms with Crippen LogP contribution in [0, 0.1) is 0 Å². The Morgan fingerprint density at radius 2 is 2.04 bits per heavy atom. The SMILES string of the molecule is COc1cc(C(=O)NC2CCNC2)ccc1OCc1ccc(Cl)cc1Cl.Cl. The molecule has 0 bridgehead atoms. The average molecular weight is 432 g/mol. The Balaban J connectivity index is 0.00000261. The Labute approximate surface area is 174 Å². The van der Waals surface area contributed by atoms with Gasteiger partial charge < -0.3 is 20.1 Å². The molecule has 0 radical (unpaired) electrons. The van der Waals surface area contributed by atoms with E-state index in [4.69, 9.17) is 32.7 Å². The van der Waals surface area contributed by atoms with E-state index in [1.165, 1.54) is 0 Å². The Morgan fingerprint density at radius 1 is 1.22 bits per heavy atom. The molecule has 1 amide bonds. The van der Waals surface area contributed by atoms with Gasteiger partial charge in [0, 0.05) is 33.8 Å². The van der Waals surface area contributed by atoms with Gasteiger partial charge in [0.1, 0.15) is 6.61 Å². The number of ether oxygens (including phenoxy) is 2. The van der Waals surface area contributed by atoms with E-state index in [1.807, 2.05) is 6.07 Å². The molecule has 0 aromatic heterocycles. The van der Waals surface area contributed by atoms with Gasteiger partial charge in [-0.25, -0.2) is 0 Å². The van der Waals surface area contributed by atoms with Crippen molar-refractivity contribution in [2.45, 2.75) is 19.1 Å². The minimum atomic E-state index is -0.121. The van der Waals surface area contributed by atoms with E-state index >= 15 is 0 Å². The van der Waals surface area contributed by atoms with E-state index in [0.717, 1.165) is 25.1 Å². The highest BCUT2D eigenvalue weighted by Crippen LogP contribution is 2.30. The van der Waals surface area contributed by atoms with Gasteiger partial charge in [-0.05, 0) is 43.3 Å². The van der Waals surface area contributed by atoms with Gasteiger partial charge in [0.2, 0.25) is 0 Å². The summed E-state index contributed by atoms with van der Waals surface area (Å²) in [5.74, 6) is 0.911. The maximum absolute atomic E-state index is 12.4. The van der Waals surface area contributed by atoms with Crippen molar-refractivity contribution in [3.63, 3.8) is 0 Å². The fraction of sp³-hybridized carbons (Fsp3) is 0.316. The van der Waals surface area contributed by atoms with E-state index in [1.54, 1.807) is 37.4 Å². The van der Waals surface area contributed by atoms with Crippen molar-refractivity contribution in [2.75, 3.05) is 20.2 Å². The number of hydrogen-bond donors (Lipinski definition) is 2. The van der Waals surface area contributed by atoms with E-state index in [-0.39, 0.29) is 31.0 Å². The van der Waals surface area contributed by atoms with Gasteiger partial charge >= 0.3 is 0 Å². The van der Waals surface area contributed by atoms with E-state index in [2.05, 4.69) is 10.6 Å². The van der Waals surface area contributed by atoms with Crippen LogP contribution in [0.2, 0.25) is 10.0 Å². The summed E-state index contributed by atoms with van der Waals surface area (Å²) in [5, 5.41) is 7.34. The summed E-state index contributed by atoms with van der Waals surface area (Å²) >= 11 is 12.1. The third kappa shape index (κ3) is 5.66. The van der Waals surface area contributed by atoms with Crippen LogP contribution in [-0.2, 0) is 6.61 Å². The number of hydrogen-bond acceptors (Lipinski definition) is 4. The molecule has 0 spiro atoms. The van der Waals surface area contributed by atoms with Crippen LogP contribution in [0.4, 0.5) is 0 Å². The second kappa shape index (κ2) is 10.0. The Kier molecular flexibility index (Phi) is 8.05. The minimum absolute atomic E-state index is 0. The van der Waals surface area contributed by atoms with Crippen LogP contribution in [-0.4, -0.2) is 32.1 Å². The molecule has 1 fully saturated rings. The Hall–Kier alpha value is -1.66. The molecule has 1 unspecified atom stereocenters. The van der Waals surface area contributed by atoms with Crippen LogP contribution in [0.5, 0.6) is 11.5 Å². The lowest BCUT2D eigenvalue weighted by atomic mass is 10.1. The van der Waals surface area contributed by atoms with Gasteiger partial charge in [-0.2, -0.15) is 0 Å². The van der Waals surface area contributed by atoms with Crippen LogP contribution in [0.1, 0.15) is 22.3 Å². The lowest BCUT2D eigenvalue weighted by molar-refractivity contribution is 0.0939. The zero-order valence-electron chi connectivity index (χ0n) is 14.8. The van der Waals surface area contributed by atoms with Crippen molar-refractivity contribution in [3.8, 4) is 11.5 Å². The van der Waals surface area contributed by atoms with E-state index in [0.29, 0.717) is 27.1 Å². The van der Waals surface area contributed by atoms with Gasteiger partial charge in [-0.1, -0.05) is 29.3 Å². The fourth-order valence-corrected chi connectivity index (χ4v) is 3.23. The number of benzene rings is 2. The molecule has 2 N–H and O–H groups in total. The van der Waals surface area contributed by atoms with Crippen LogP contribution in [0.25, 0.3) is 0 Å². The van der Waals surface area contributed by atoms with Crippen LogP contribution >= 0.6 is 35.6 Å². The molecule has 2 aromatic carbocycles. The molecule has 3 rings (SSSR count). The van der Waals surface area contributed by atoms with Crippen molar-refractivity contribution in [2.24, 2.45) is 0 Å². The first kappa shape index (κ1) is 21.6. The number of halogens is 3. The molecule has 1 atom stereocenters. The second-order valence-electron chi connectivity index (χ2n) is 6.05. The zero-order valence-corrected chi connectivity index (χ0v) is 17.1. The molecule has 0 saturated carbocycles. The summed E-state index contributed by atoms with van der Waals surface area (Å²) in [7, 11) is 1.54. The smallest absolute Gasteiger partial charge is 0.251 e. The molecular formula is C19H21Cl3N2O3. The van der Waals surface area contributed by atoms with Gasteiger partial charge in [0.05, 0.1) is 7.11 Å². The summed E-state index contributed by atoms with van der Waals surface area (Å²) in [6.07, 6.45) is 0.936. The van der Waals surface area contributed by atoms with Crippen molar-refractivity contribution in [1.29, 1.82) is 0 Å². The number of nitrogens with one attached hydrogen (secondary N) is 2. The number of amides is 1. The van der Waals surface area contributed by atoms with Crippen LogP contribution in [0.15, 0.2) is 36.4 Å². The molecule has 1 aliphatic rings. The molecule has 146 valence electrons.